The SMILES string of the molecule is CN1C=C(Cl)C(NCC2CC2)=NC1Cl. The molecule has 3 nitrogen and oxygen atoms in total. The van der Waals surface area contributed by atoms with Gasteiger partial charge in [-0.3, -0.25) is 0 Å². The molecule has 1 atom stereocenters. The third-order valence-corrected chi connectivity index (χ3v) is 3.05. The fourth-order valence-corrected chi connectivity index (χ4v) is 1.68. The summed E-state index contributed by atoms with van der Waals surface area (Å²) in [4.78, 5) is 6.01. The lowest BCUT2D eigenvalue weighted by Crippen LogP contribution is -2.34. The maximum absolute atomic E-state index is 6.01. The van der Waals surface area contributed by atoms with Crippen molar-refractivity contribution in [1.82, 2.24) is 10.2 Å². The molecule has 0 amide bonds. The standard InChI is InChI=1S/C9H13Cl2N3/c1-14-5-7(10)8(13-9(14)11)12-4-6-2-3-6/h5-6,9H,2-4H2,1H3,(H,12,13). The van der Waals surface area contributed by atoms with Gasteiger partial charge in [0.1, 0.15) is 5.84 Å². The largest absolute Gasteiger partial charge is 0.369 e. The summed E-state index contributed by atoms with van der Waals surface area (Å²) in [5.41, 5.74) is -0.348. The van der Waals surface area contributed by atoms with Crippen molar-refractivity contribution in [3.63, 3.8) is 0 Å². The molecule has 2 rings (SSSR count). The zero-order chi connectivity index (χ0) is 10.1. The quantitative estimate of drug-likeness (QED) is 0.584. The van der Waals surface area contributed by atoms with E-state index in [1.165, 1.54) is 12.8 Å². The van der Waals surface area contributed by atoms with Crippen LogP contribution in [0.4, 0.5) is 0 Å². The normalized spacial score (nSPS) is 27.1. The minimum Gasteiger partial charge on any atom is -0.369 e. The minimum atomic E-state index is -0.348. The molecule has 1 fully saturated rings. The summed E-state index contributed by atoms with van der Waals surface area (Å²) in [5.74, 6) is 1.52. The number of hydrogen-bond acceptors (Lipinski definition) is 3. The molecule has 78 valence electrons. The van der Waals surface area contributed by atoms with E-state index in [2.05, 4.69) is 10.3 Å². The first-order valence-electron chi connectivity index (χ1n) is 4.72. The lowest BCUT2D eigenvalue weighted by molar-refractivity contribution is 0.423. The lowest BCUT2D eigenvalue weighted by atomic mass is 10.4. The molecular formula is C9H13Cl2N3. The smallest absolute Gasteiger partial charge is 0.199 e. The second-order valence-corrected chi connectivity index (χ2v) is 4.55. The van der Waals surface area contributed by atoms with Gasteiger partial charge in [0.25, 0.3) is 0 Å². The highest BCUT2D eigenvalue weighted by Crippen LogP contribution is 2.28. The molecule has 5 heteroatoms. The number of hydrogen-bond donors (Lipinski definition) is 1. The van der Waals surface area contributed by atoms with Crippen molar-refractivity contribution < 1.29 is 0 Å². The third-order valence-electron chi connectivity index (χ3n) is 2.37. The van der Waals surface area contributed by atoms with Crippen LogP contribution in [0.5, 0.6) is 0 Å². The van der Waals surface area contributed by atoms with E-state index in [-0.39, 0.29) is 5.62 Å². The van der Waals surface area contributed by atoms with E-state index in [9.17, 15) is 0 Å². The highest BCUT2D eigenvalue weighted by Gasteiger charge is 2.23. The summed E-state index contributed by atoms with van der Waals surface area (Å²) in [6.07, 6.45) is 4.42. The Bertz CT molecular complexity index is 284. The number of nitrogens with one attached hydrogen (secondary N) is 1. The maximum atomic E-state index is 6.01. The zero-order valence-corrected chi connectivity index (χ0v) is 9.52. The van der Waals surface area contributed by atoms with Crippen LogP contribution < -0.4 is 5.32 Å². The van der Waals surface area contributed by atoms with Gasteiger partial charge in [0, 0.05) is 19.8 Å². The summed E-state index contributed by atoms with van der Waals surface area (Å²) in [5, 5.41) is 3.85. The van der Waals surface area contributed by atoms with Crippen LogP contribution >= 0.6 is 23.2 Å². The van der Waals surface area contributed by atoms with Crippen LogP contribution in [-0.4, -0.2) is 30.0 Å². The molecule has 1 unspecified atom stereocenters. The first-order chi connectivity index (χ1) is 6.66. The Morgan fingerprint density at radius 2 is 2.36 bits per heavy atom. The monoisotopic (exact) mass is 233 g/mol. The first kappa shape index (κ1) is 10.1. The van der Waals surface area contributed by atoms with E-state index in [1.54, 1.807) is 11.1 Å². The van der Waals surface area contributed by atoms with Crippen LogP contribution in [0, 0.1) is 5.92 Å². The minimum absolute atomic E-state index is 0.348. The van der Waals surface area contributed by atoms with Crippen LogP contribution in [0.15, 0.2) is 16.2 Å². The Kier molecular flexibility index (Phi) is 2.88. The highest BCUT2D eigenvalue weighted by atomic mass is 35.5. The van der Waals surface area contributed by atoms with E-state index in [0.717, 1.165) is 18.3 Å². The Balaban J connectivity index is 1.95. The predicted octanol–water partition coefficient (Wildman–Crippen LogP) is 1.93. The average Bonchev–Trinajstić information content (AvgIpc) is 2.92. The Hall–Kier alpha value is -0.410. The van der Waals surface area contributed by atoms with Gasteiger partial charge < -0.3 is 10.2 Å². The molecule has 0 spiro atoms. The number of amidine groups is 1. The molecule has 14 heavy (non-hydrogen) atoms. The first-order valence-corrected chi connectivity index (χ1v) is 5.53. The van der Waals surface area contributed by atoms with E-state index in [4.69, 9.17) is 23.2 Å². The molecule has 1 saturated carbocycles. The molecule has 0 radical (unpaired) electrons. The number of halogens is 2. The van der Waals surface area contributed by atoms with E-state index in [0.29, 0.717) is 5.03 Å². The number of alkyl halides is 1. The third kappa shape index (κ3) is 2.34. The van der Waals surface area contributed by atoms with Crippen molar-refractivity contribution in [3.8, 4) is 0 Å². The van der Waals surface area contributed by atoms with Crippen molar-refractivity contribution in [2.45, 2.75) is 18.5 Å². The molecule has 1 aliphatic heterocycles. The maximum Gasteiger partial charge on any atom is 0.199 e. The summed E-state index contributed by atoms with van der Waals surface area (Å²) in [7, 11) is 1.85. The molecule has 1 heterocycles. The van der Waals surface area contributed by atoms with Crippen molar-refractivity contribution >= 4 is 29.0 Å². The Labute approximate surface area is 93.8 Å². The second-order valence-electron chi connectivity index (χ2n) is 3.76. The fourth-order valence-electron chi connectivity index (χ4n) is 1.25. The van der Waals surface area contributed by atoms with E-state index < -0.39 is 0 Å². The molecule has 0 aromatic rings. The molecule has 1 aliphatic carbocycles. The Morgan fingerprint density at radius 3 is 3.00 bits per heavy atom. The zero-order valence-electron chi connectivity index (χ0n) is 8.00. The number of nitrogens with zero attached hydrogens (tertiary/aromatic N) is 2. The van der Waals surface area contributed by atoms with Crippen LogP contribution in [0.1, 0.15) is 12.8 Å². The van der Waals surface area contributed by atoms with Gasteiger partial charge in [-0.25, -0.2) is 4.99 Å². The van der Waals surface area contributed by atoms with Crippen LogP contribution in [0.2, 0.25) is 0 Å². The molecule has 0 saturated heterocycles. The molecular weight excluding hydrogens is 221 g/mol. The van der Waals surface area contributed by atoms with Crippen LogP contribution in [0.25, 0.3) is 0 Å². The lowest BCUT2D eigenvalue weighted by Gasteiger charge is -2.24. The second kappa shape index (κ2) is 3.99. The van der Waals surface area contributed by atoms with Crippen molar-refractivity contribution in [2.24, 2.45) is 10.9 Å². The van der Waals surface area contributed by atoms with Gasteiger partial charge in [-0.05, 0) is 18.8 Å². The summed E-state index contributed by atoms with van der Waals surface area (Å²) in [6.45, 7) is 0.955. The molecule has 0 aromatic carbocycles. The molecule has 2 aliphatic rings. The van der Waals surface area contributed by atoms with Crippen LogP contribution in [-0.2, 0) is 0 Å². The molecule has 0 bridgehead atoms. The van der Waals surface area contributed by atoms with Gasteiger partial charge in [-0.1, -0.05) is 23.2 Å². The number of rotatable bonds is 2. The van der Waals surface area contributed by atoms with Gasteiger partial charge in [0.2, 0.25) is 0 Å². The van der Waals surface area contributed by atoms with Gasteiger partial charge in [-0.2, -0.15) is 0 Å². The van der Waals surface area contributed by atoms with Gasteiger partial charge in [-0.15, -0.1) is 0 Å². The van der Waals surface area contributed by atoms with Crippen molar-refractivity contribution in [3.05, 3.63) is 11.2 Å². The van der Waals surface area contributed by atoms with E-state index >= 15 is 0 Å². The topological polar surface area (TPSA) is 27.6 Å². The molecule has 1 N–H and O–H groups in total. The Morgan fingerprint density at radius 1 is 1.64 bits per heavy atom. The fraction of sp³-hybridized carbons (Fsp3) is 0.667. The number of aliphatic imine (C=N–C) groups is 1. The van der Waals surface area contributed by atoms with E-state index in [1.807, 2.05) is 7.05 Å². The van der Waals surface area contributed by atoms with Gasteiger partial charge in [0.15, 0.2) is 5.62 Å². The predicted molar refractivity (Wildman–Crippen MR) is 59.5 cm³/mol. The molecule has 0 aromatic heterocycles. The summed E-state index contributed by atoms with van der Waals surface area (Å²) < 4.78 is 0. The summed E-state index contributed by atoms with van der Waals surface area (Å²) >= 11 is 12.0. The van der Waals surface area contributed by atoms with Crippen molar-refractivity contribution in [2.75, 3.05) is 13.6 Å². The highest BCUT2D eigenvalue weighted by molar-refractivity contribution is 6.43. The summed E-state index contributed by atoms with van der Waals surface area (Å²) in [6, 6.07) is 0. The van der Waals surface area contributed by atoms with Crippen LogP contribution in [0.3, 0.4) is 0 Å². The van der Waals surface area contributed by atoms with Crippen molar-refractivity contribution in [1.29, 1.82) is 0 Å². The average molecular weight is 234 g/mol. The van der Waals surface area contributed by atoms with Gasteiger partial charge >= 0.3 is 0 Å². The van der Waals surface area contributed by atoms with Gasteiger partial charge in [0.05, 0.1) is 5.03 Å².